The van der Waals surface area contributed by atoms with Crippen molar-refractivity contribution in [1.29, 1.82) is 0 Å². The van der Waals surface area contributed by atoms with Crippen LogP contribution < -0.4 is 0 Å². The fraction of sp³-hybridized carbons (Fsp3) is 1.00. The third kappa shape index (κ3) is 0.916. The Morgan fingerprint density at radius 1 is 1.45 bits per heavy atom. The van der Waals surface area contributed by atoms with Gasteiger partial charge in [-0.3, -0.25) is 0 Å². The molecule has 0 bridgehead atoms. The topological polar surface area (TPSA) is 48.8 Å². The van der Waals surface area contributed by atoms with Crippen molar-refractivity contribution >= 4 is 0 Å². The predicted molar refractivity (Wildman–Crippen MR) is 42.9 cm³/mol. The van der Waals surface area contributed by atoms with Gasteiger partial charge in [0, 0.05) is 11.0 Å². The zero-order valence-corrected chi connectivity index (χ0v) is 6.77. The van der Waals surface area contributed by atoms with Gasteiger partial charge >= 0.3 is 0 Å². The van der Waals surface area contributed by atoms with Crippen LogP contribution in [-0.2, 0) is 0 Å². The minimum Gasteiger partial charge on any atom is -0.0903 e. The lowest BCUT2D eigenvalue weighted by Crippen LogP contribution is -2.35. The van der Waals surface area contributed by atoms with Crippen LogP contribution in [0.15, 0.2) is 5.11 Å². The molecule has 2 aliphatic carbocycles. The Balaban J connectivity index is 2.08. The summed E-state index contributed by atoms with van der Waals surface area (Å²) in [6.45, 7) is 2.27. The summed E-state index contributed by atoms with van der Waals surface area (Å²) in [7, 11) is 0. The molecule has 0 aromatic carbocycles. The molecule has 3 nitrogen and oxygen atoms in total. The molecular weight excluding hydrogens is 138 g/mol. The molecule has 0 aliphatic heterocycles. The Hall–Kier alpha value is -0.690. The lowest BCUT2D eigenvalue weighted by molar-refractivity contribution is 0.108. The maximum Gasteiger partial charge on any atom is 0.0407 e. The largest absolute Gasteiger partial charge is 0.0903 e. The van der Waals surface area contributed by atoms with Gasteiger partial charge in [0.1, 0.15) is 0 Å². The number of hydrogen-bond donors (Lipinski definition) is 0. The summed E-state index contributed by atoms with van der Waals surface area (Å²) >= 11 is 0. The Morgan fingerprint density at radius 2 is 2.27 bits per heavy atom. The molecule has 0 aromatic heterocycles. The fourth-order valence-electron chi connectivity index (χ4n) is 2.84. The second kappa shape index (κ2) is 2.42. The Kier molecular flexibility index (Phi) is 1.53. The molecular formula is C8H13N3. The molecule has 0 aromatic rings. The normalized spacial score (nSPS) is 47.4. The van der Waals surface area contributed by atoms with Crippen molar-refractivity contribution in [3.05, 3.63) is 10.4 Å². The van der Waals surface area contributed by atoms with Crippen molar-refractivity contribution in [2.45, 2.75) is 32.2 Å². The van der Waals surface area contributed by atoms with Crippen LogP contribution in [0, 0.1) is 17.8 Å². The summed E-state index contributed by atoms with van der Waals surface area (Å²) in [5.74, 6) is 2.42. The summed E-state index contributed by atoms with van der Waals surface area (Å²) in [4.78, 5) is 2.90. The Labute approximate surface area is 66.4 Å². The van der Waals surface area contributed by atoms with Gasteiger partial charge in [0.25, 0.3) is 0 Å². The van der Waals surface area contributed by atoms with E-state index in [2.05, 4.69) is 16.9 Å². The van der Waals surface area contributed by atoms with Crippen molar-refractivity contribution in [2.75, 3.05) is 0 Å². The van der Waals surface area contributed by atoms with E-state index >= 15 is 0 Å². The van der Waals surface area contributed by atoms with E-state index < -0.39 is 0 Å². The van der Waals surface area contributed by atoms with Crippen LogP contribution in [0.25, 0.3) is 10.4 Å². The first-order valence-electron chi connectivity index (χ1n) is 4.37. The standard InChI is InChI=1S/C8H13N3/c1-5-4-6-2-3-7(8(5)6)10-11-9/h5-8H,2-4H2,1H3. The van der Waals surface area contributed by atoms with Crippen LogP contribution in [0.2, 0.25) is 0 Å². The van der Waals surface area contributed by atoms with Crippen LogP contribution in [0.4, 0.5) is 0 Å². The maximum absolute atomic E-state index is 8.30. The highest BCUT2D eigenvalue weighted by Crippen LogP contribution is 2.51. The van der Waals surface area contributed by atoms with E-state index in [1.54, 1.807) is 0 Å². The molecule has 0 N–H and O–H groups in total. The molecule has 11 heavy (non-hydrogen) atoms. The predicted octanol–water partition coefficient (Wildman–Crippen LogP) is 2.73. The van der Waals surface area contributed by atoms with Crippen molar-refractivity contribution < 1.29 is 0 Å². The molecule has 0 spiro atoms. The van der Waals surface area contributed by atoms with Crippen molar-refractivity contribution in [2.24, 2.45) is 22.9 Å². The third-order valence-corrected chi connectivity index (χ3v) is 3.35. The number of hydrogen-bond acceptors (Lipinski definition) is 1. The van der Waals surface area contributed by atoms with Crippen molar-refractivity contribution in [3.8, 4) is 0 Å². The zero-order valence-electron chi connectivity index (χ0n) is 6.77. The molecule has 0 amide bonds. The second-order valence-corrected chi connectivity index (χ2v) is 3.90. The Morgan fingerprint density at radius 3 is 2.91 bits per heavy atom. The lowest BCUT2D eigenvalue weighted by Gasteiger charge is -2.40. The van der Waals surface area contributed by atoms with Gasteiger partial charge < -0.3 is 0 Å². The molecule has 2 aliphatic rings. The summed E-state index contributed by atoms with van der Waals surface area (Å²) in [5, 5.41) is 3.84. The minimum absolute atomic E-state index is 0.328. The minimum atomic E-state index is 0.328. The molecule has 4 atom stereocenters. The van der Waals surface area contributed by atoms with Gasteiger partial charge in [0.15, 0.2) is 0 Å². The molecule has 2 rings (SSSR count). The fourth-order valence-corrected chi connectivity index (χ4v) is 2.84. The van der Waals surface area contributed by atoms with E-state index in [9.17, 15) is 0 Å². The highest BCUT2D eigenvalue weighted by atomic mass is 15.2. The number of rotatable bonds is 1. The molecule has 0 saturated heterocycles. The highest BCUT2D eigenvalue weighted by molar-refractivity contribution is 4.99. The summed E-state index contributed by atoms with van der Waals surface area (Å²) < 4.78 is 0. The first kappa shape index (κ1) is 6.99. The van der Waals surface area contributed by atoms with E-state index in [0.29, 0.717) is 6.04 Å². The first-order chi connectivity index (χ1) is 5.33. The van der Waals surface area contributed by atoms with Gasteiger partial charge in [0.2, 0.25) is 0 Å². The van der Waals surface area contributed by atoms with Crippen LogP contribution in [0.3, 0.4) is 0 Å². The second-order valence-electron chi connectivity index (χ2n) is 3.90. The van der Waals surface area contributed by atoms with Crippen LogP contribution in [0.1, 0.15) is 26.2 Å². The van der Waals surface area contributed by atoms with Gasteiger partial charge in [-0.15, -0.1) is 0 Å². The van der Waals surface area contributed by atoms with Crippen LogP contribution >= 0.6 is 0 Å². The van der Waals surface area contributed by atoms with E-state index in [-0.39, 0.29) is 0 Å². The van der Waals surface area contributed by atoms with Crippen LogP contribution in [0.5, 0.6) is 0 Å². The summed E-state index contributed by atoms with van der Waals surface area (Å²) in [5.41, 5.74) is 8.30. The molecule has 4 unspecified atom stereocenters. The lowest BCUT2D eigenvalue weighted by atomic mass is 9.66. The van der Waals surface area contributed by atoms with Crippen LogP contribution in [-0.4, -0.2) is 6.04 Å². The average Bonchev–Trinajstić information content (AvgIpc) is 2.26. The quantitative estimate of drug-likeness (QED) is 0.314. The smallest absolute Gasteiger partial charge is 0.0407 e. The monoisotopic (exact) mass is 151 g/mol. The van der Waals surface area contributed by atoms with E-state index in [1.165, 1.54) is 12.8 Å². The summed E-state index contributed by atoms with van der Waals surface area (Å²) in [6, 6.07) is 0.328. The van der Waals surface area contributed by atoms with Crippen molar-refractivity contribution in [1.82, 2.24) is 0 Å². The molecule has 2 fully saturated rings. The van der Waals surface area contributed by atoms with Gasteiger partial charge in [-0.1, -0.05) is 12.0 Å². The highest BCUT2D eigenvalue weighted by Gasteiger charge is 2.46. The number of azide groups is 1. The SMILES string of the molecule is CC1CC2CCC(N=[N+]=[N-])C12. The van der Waals surface area contributed by atoms with Gasteiger partial charge in [-0.25, -0.2) is 0 Å². The van der Waals surface area contributed by atoms with Gasteiger partial charge in [-0.2, -0.15) is 0 Å². The van der Waals surface area contributed by atoms with Gasteiger partial charge in [0.05, 0.1) is 0 Å². The first-order valence-corrected chi connectivity index (χ1v) is 4.37. The van der Waals surface area contributed by atoms with E-state index in [1.807, 2.05) is 0 Å². The van der Waals surface area contributed by atoms with Crippen molar-refractivity contribution in [3.63, 3.8) is 0 Å². The maximum atomic E-state index is 8.30. The molecule has 2 saturated carbocycles. The Bertz CT molecular complexity index is 207. The molecule has 0 radical (unpaired) electrons. The van der Waals surface area contributed by atoms with Gasteiger partial charge in [-0.05, 0) is 42.5 Å². The third-order valence-electron chi connectivity index (χ3n) is 3.35. The number of fused-ring (bicyclic) bond motifs is 1. The summed E-state index contributed by atoms with van der Waals surface area (Å²) in [6.07, 6.45) is 3.78. The molecule has 60 valence electrons. The average molecular weight is 151 g/mol. The molecule has 0 heterocycles. The van der Waals surface area contributed by atoms with E-state index in [0.717, 1.165) is 24.2 Å². The zero-order chi connectivity index (χ0) is 7.84. The molecule has 3 heteroatoms. The van der Waals surface area contributed by atoms with E-state index in [4.69, 9.17) is 5.53 Å². The number of nitrogens with zero attached hydrogens (tertiary/aromatic N) is 3.